The van der Waals surface area contributed by atoms with Gasteiger partial charge in [-0.1, -0.05) is 13.8 Å². The topological polar surface area (TPSA) is 43.8 Å². The first-order valence-electron chi connectivity index (χ1n) is 6.97. The highest BCUT2D eigenvalue weighted by Crippen LogP contribution is 2.41. The second-order valence-corrected chi connectivity index (χ2v) is 6.66. The van der Waals surface area contributed by atoms with Crippen molar-refractivity contribution in [2.24, 2.45) is 5.92 Å². The van der Waals surface area contributed by atoms with Crippen LogP contribution >= 0.6 is 11.8 Å². The van der Waals surface area contributed by atoms with Gasteiger partial charge in [0.15, 0.2) is 0 Å². The van der Waals surface area contributed by atoms with Gasteiger partial charge in [0.25, 0.3) is 0 Å². The standard InChI is InChI=1S/C14H25N3S/c1-10(2)9-17-13(15)12(5-4-8-18-3)16-14(17)11-6-7-11/h10-11H,4-9,15H2,1-3H3. The molecule has 0 saturated heterocycles. The summed E-state index contributed by atoms with van der Waals surface area (Å²) in [5.41, 5.74) is 7.43. The van der Waals surface area contributed by atoms with Gasteiger partial charge in [-0.25, -0.2) is 4.98 Å². The minimum absolute atomic E-state index is 0.623. The largest absolute Gasteiger partial charge is 0.384 e. The molecular weight excluding hydrogens is 242 g/mol. The van der Waals surface area contributed by atoms with Crippen LogP contribution in [-0.2, 0) is 13.0 Å². The van der Waals surface area contributed by atoms with E-state index in [0.717, 1.165) is 24.5 Å². The lowest BCUT2D eigenvalue weighted by molar-refractivity contribution is 0.512. The molecule has 18 heavy (non-hydrogen) atoms. The predicted octanol–water partition coefficient (Wildman–Crippen LogP) is 3.29. The minimum Gasteiger partial charge on any atom is -0.384 e. The van der Waals surface area contributed by atoms with Gasteiger partial charge in [-0.15, -0.1) is 0 Å². The Morgan fingerprint density at radius 1 is 1.44 bits per heavy atom. The zero-order valence-corrected chi connectivity index (χ0v) is 12.6. The van der Waals surface area contributed by atoms with Crippen molar-refractivity contribution in [1.82, 2.24) is 9.55 Å². The highest BCUT2D eigenvalue weighted by atomic mass is 32.2. The van der Waals surface area contributed by atoms with E-state index in [-0.39, 0.29) is 0 Å². The Kier molecular flexibility index (Phi) is 4.60. The molecule has 1 heterocycles. The van der Waals surface area contributed by atoms with Gasteiger partial charge in [-0.05, 0) is 43.6 Å². The summed E-state index contributed by atoms with van der Waals surface area (Å²) in [6.45, 7) is 5.49. The van der Waals surface area contributed by atoms with Gasteiger partial charge >= 0.3 is 0 Å². The molecule has 1 aromatic rings. The Hall–Kier alpha value is -0.640. The number of anilines is 1. The van der Waals surface area contributed by atoms with Crippen LogP contribution < -0.4 is 5.73 Å². The molecule has 1 aliphatic rings. The van der Waals surface area contributed by atoms with Crippen molar-refractivity contribution in [1.29, 1.82) is 0 Å². The molecule has 0 amide bonds. The maximum absolute atomic E-state index is 6.29. The third-order valence-corrected chi connectivity index (χ3v) is 4.06. The Morgan fingerprint density at radius 3 is 2.72 bits per heavy atom. The molecule has 4 heteroatoms. The van der Waals surface area contributed by atoms with E-state index in [0.29, 0.717) is 11.8 Å². The van der Waals surface area contributed by atoms with Crippen LogP contribution in [-0.4, -0.2) is 21.6 Å². The number of aromatic nitrogens is 2. The van der Waals surface area contributed by atoms with Crippen molar-refractivity contribution < 1.29 is 0 Å². The van der Waals surface area contributed by atoms with E-state index in [1.54, 1.807) is 0 Å². The SMILES string of the molecule is CSCCCc1nc(C2CC2)n(CC(C)C)c1N. The molecule has 0 radical (unpaired) electrons. The molecule has 0 unspecified atom stereocenters. The summed E-state index contributed by atoms with van der Waals surface area (Å²) < 4.78 is 2.27. The molecule has 0 bridgehead atoms. The number of nitrogens with zero attached hydrogens (tertiary/aromatic N) is 2. The van der Waals surface area contributed by atoms with Crippen LogP contribution in [0.4, 0.5) is 5.82 Å². The van der Waals surface area contributed by atoms with E-state index in [1.807, 2.05) is 11.8 Å². The van der Waals surface area contributed by atoms with Gasteiger partial charge in [-0.3, -0.25) is 0 Å². The first-order chi connectivity index (χ1) is 8.63. The second kappa shape index (κ2) is 6.00. The zero-order valence-electron chi connectivity index (χ0n) is 11.8. The average molecular weight is 267 g/mol. The molecule has 1 aliphatic carbocycles. The summed E-state index contributed by atoms with van der Waals surface area (Å²) in [6, 6.07) is 0. The molecule has 102 valence electrons. The first-order valence-corrected chi connectivity index (χ1v) is 8.36. The highest BCUT2D eigenvalue weighted by Gasteiger charge is 2.30. The molecule has 0 aromatic carbocycles. The molecule has 1 aromatic heterocycles. The Balaban J connectivity index is 2.14. The molecule has 3 nitrogen and oxygen atoms in total. The van der Waals surface area contributed by atoms with Gasteiger partial charge in [0.1, 0.15) is 11.6 Å². The van der Waals surface area contributed by atoms with Gasteiger partial charge in [0.2, 0.25) is 0 Å². The van der Waals surface area contributed by atoms with Gasteiger partial charge in [0.05, 0.1) is 5.69 Å². The normalized spacial score (nSPS) is 15.6. The second-order valence-electron chi connectivity index (χ2n) is 5.68. The van der Waals surface area contributed by atoms with E-state index in [4.69, 9.17) is 10.7 Å². The summed E-state index contributed by atoms with van der Waals surface area (Å²) in [5, 5.41) is 0. The van der Waals surface area contributed by atoms with E-state index >= 15 is 0 Å². The molecule has 1 fully saturated rings. The van der Waals surface area contributed by atoms with Crippen LogP contribution in [0.1, 0.15) is 50.5 Å². The Morgan fingerprint density at radius 2 is 2.17 bits per heavy atom. The van der Waals surface area contributed by atoms with Crippen LogP contribution in [0.15, 0.2) is 0 Å². The fraction of sp³-hybridized carbons (Fsp3) is 0.786. The molecule has 0 atom stereocenters. The number of nitrogen functional groups attached to an aromatic ring is 1. The predicted molar refractivity (Wildman–Crippen MR) is 80.2 cm³/mol. The van der Waals surface area contributed by atoms with Crippen LogP contribution in [0.2, 0.25) is 0 Å². The lowest BCUT2D eigenvalue weighted by atomic mass is 10.2. The summed E-state index contributed by atoms with van der Waals surface area (Å²) in [7, 11) is 0. The number of imidazole rings is 1. The van der Waals surface area contributed by atoms with Gasteiger partial charge in [0, 0.05) is 12.5 Å². The van der Waals surface area contributed by atoms with Gasteiger partial charge < -0.3 is 10.3 Å². The lowest BCUT2D eigenvalue weighted by Crippen LogP contribution is -2.11. The molecule has 0 aliphatic heterocycles. The number of thioether (sulfide) groups is 1. The monoisotopic (exact) mass is 267 g/mol. The van der Waals surface area contributed by atoms with Gasteiger partial charge in [-0.2, -0.15) is 11.8 Å². The van der Waals surface area contributed by atoms with E-state index in [1.165, 1.54) is 30.8 Å². The summed E-state index contributed by atoms with van der Waals surface area (Å²) in [4.78, 5) is 4.83. The summed E-state index contributed by atoms with van der Waals surface area (Å²) in [6.07, 6.45) is 6.93. The first kappa shape index (κ1) is 13.8. The van der Waals surface area contributed by atoms with Crippen molar-refractivity contribution in [3.05, 3.63) is 11.5 Å². The van der Waals surface area contributed by atoms with Crippen molar-refractivity contribution in [2.75, 3.05) is 17.7 Å². The van der Waals surface area contributed by atoms with E-state index in [2.05, 4.69) is 24.7 Å². The number of hydrogen-bond donors (Lipinski definition) is 1. The van der Waals surface area contributed by atoms with E-state index in [9.17, 15) is 0 Å². The zero-order chi connectivity index (χ0) is 13.1. The molecular formula is C14H25N3S. The fourth-order valence-electron chi connectivity index (χ4n) is 2.31. The van der Waals surface area contributed by atoms with Crippen molar-refractivity contribution in [3.8, 4) is 0 Å². The number of hydrogen-bond acceptors (Lipinski definition) is 3. The summed E-state index contributed by atoms with van der Waals surface area (Å²) in [5.74, 6) is 4.67. The molecule has 2 N–H and O–H groups in total. The molecule has 1 saturated carbocycles. The number of aryl methyl sites for hydroxylation is 1. The average Bonchev–Trinajstić information content (AvgIpc) is 3.10. The fourth-order valence-corrected chi connectivity index (χ4v) is 2.75. The molecule has 0 spiro atoms. The lowest BCUT2D eigenvalue weighted by Gasteiger charge is -2.11. The van der Waals surface area contributed by atoms with Crippen molar-refractivity contribution >= 4 is 17.6 Å². The highest BCUT2D eigenvalue weighted by molar-refractivity contribution is 7.98. The maximum atomic E-state index is 6.29. The van der Waals surface area contributed by atoms with Crippen LogP contribution in [0, 0.1) is 5.92 Å². The van der Waals surface area contributed by atoms with Crippen LogP contribution in [0.3, 0.4) is 0 Å². The minimum atomic E-state index is 0.623. The third kappa shape index (κ3) is 3.22. The maximum Gasteiger partial charge on any atom is 0.126 e. The smallest absolute Gasteiger partial charge is 0.126 e. The molecule has 2 rings (SSSR count). The summed E-state index contributed by atoms with van der Waals surface area (Å²) >= 11 is 1.89. The Labute approximate surface area is 115 Å². The Bertz CT molecular complexity index is 394. The third-order valence-electron chi connectivity index (χ3n) is 3.36. The quantitative estimate of drug-likeness (QED) is 0.771. The number of rotatable bonds is 7. The van der Waals surface area contributed by atoms with Crippen molar-refractivity contribution in [3.63, 3.8) is 0 Å². The number of nitrogens with two attached hydrogens (primary N) is 1. The van der Waals surface area contributed by atoms with Crippen LogP contribution in [0.5, 0.6) is 0 Å². The van der Waals surface area contributed by atoms with Crippen molar-refractivity contribution in [2.45, 2.75) is 52.0 Å². The van der Waals surface area contributed by atoms with Crippen LogP contribution in [0.25, 0.3) is 0 Å². The van der Waals surface area contributed by atoms with E-state index < -0.39 is 0 Å².